The first kappa shape index (κ1) is 23.3. The largest absolute Gasteiger partial charge is 0.321 e. The molecule has 4 aromatic carbocycles. The van der Waals surface area contributed by atoms with Crippen molar-refractivity contribution in [3.8, 4) is 11.1 Å². The summed E-state index contributed by atoms with van der Waals surface area (Å²) in [5.74, 6) is -0.264. The zero-order chi connectivity index (χ0) is 24.1. The number of hydrogen-bond acceptors (Lipinski definition) is 3. The van der Waals surface area contributed by atoms with Gasteiger partial charge in [-0.3, -0.25) is 9.10 Å². The molecular weight excluding hydrogens is 444 g/mol. The Bertz CT molecular complexity index is 1400. The van der Waals surface area contributed by atoms with Crippen molar-refractivity contribution in [2.75, 3.05) is 15.9 Å². The summed E-state index contributed by atoms with van der Waals surface area (Å²) in [6.45, 7) is 2.18. The van der Waals surface area contributed by atoms with Crippen molar-refractivity contribution in [1.82, 2.24) is 0 Å². The van der Waals surface area contributed by atoms with Crippen molar-refractivity contribution in [1.29, 1.82) is 0 Å². The number of amides is 1. The third-order valence-electron chi connectivity index (χ3n) is 5.65. The Morgan fingerprint density at radius 2 is 1.41 bits per heavy atom. The fraction of sp³-hybridized carbons (Fsp3) is 0.107. The predicted octanol–water partition coefficient (Wildman–Crippen LogP) is 5.88. The Morgan fingerprint density at radius 3 is 2.09 bits per heavy atom. The van der Waals surface area contributed by atoms with E-state index in [-0.39, 0.29) is 12.5 Å². The minimum atomic E-state index is -3.52. The van der Waals surface area contributed by atoms with Gasteiger partial charge < -0.3 is 5.32 Å². The number of rotatable bonds is 7. The monoisotopic (exact) mass is 470 g/mol. The van der Waals surface area contributed by atoms with E-state index >= 15 is 0 Å². The van der Waals surface area contributed by atoms with Gasteiger partial charge in [0.05, 0.1) is 18.5 Å². The second-order valence-electron chi connectivity index (χ2n) is 8.11. The standard InChI is InChI=1S/C28H26N2O3S/c1-21-10-6-7-13-24(21)20-30(34(2,32)33)25-18-16-23(17-19-25)28(31)29-27-15-9-8-14-26(27)22-11-4-3-5-12-22/h3-19H,20H2,1-2H3,(H,29,31). The van der Waals surface area contributed by atoms with E-state index in [9.17, 15) is 13.2 Å². The molecule has 0 fully saturated rings. The summed E-state index contributed by atoms with van der Waals surface area (Å²) in [7, 11) is -3.52. The highest BCUT2D eigenvalue weighted by Crippen LogP contribution is 2.28. The maximum Gasteiger partial charge on any atom is 0.255 e. The van der Waals surface area contributed by atoms with Crippen molar-refractivity contribution in [3.05, 3.63) is 120 Å². The number of benzene rings is 4. The summed E-state index contributed by atoms with van der Waals surface area (Å²) in [5, 5.41) is 2.98. The average molecular weight is 471 g/mol. The molecule has 34 heavy (non-hydrogen) atoms. The van der Waals surface area contributed by atoms with Gasteiger partial charge in [0.15, 0.2) is 0 Å². The Labute approximate surface area is 200 Å². The molecule has 0 heterocycles. The molecule has 0 bridgehead atoms. The highest BCUT2D eigenvalue weighted by Gasteiger charge is 2.19. The SMILES string of the molecule is Cc1ccccc1CN(c1ccc(C(=O)Nc2ccccc2-c2ccccc2)cc1)S(C)(=O)=O. The fourth-order valence-electron chi connectivity index (χ4n) is 3.78. The number of nitrogens with one attached hydrogen (secondary N) is 1. The van der Waals surface area contributed by atoms with Crippen LogP contribution in [0.25, 0.3) is 11.1 Å². The molecule has 0 aliphatic rings. The number of nitrogens with zero attached hydrogens (tertiary/aromatic N) is 1. The molecule has 0 aliphatic carbocycles. The van der Waals surface area contributed by atoms with E-state index in [0.717, 1.165) is 22.3 Å². The van der Waals surface area contributed by atoms with Crippen molar-refractivity contribution in [3.63, 3.8) is 0 Å². The highest BCUT2D eigenvalue weighted by atomic mass is 32.2. The molecule has 0 aromatic heterocycles. The second-order valence-corrected chi connectivity index (χ2v) is 10.0. The Kier molecular flexibility index (Phi) is 6.80. The van der Waals surface area contributed by atoms with E-state index in [2.05, 4.69) is 5.32 Å². The van der Waals surface area contributed by atoms with E-state index in [1.165, 1.54) is 10.6 Å². The van der Waals surface area contributed by atoms with Gasteiger partial charge in [0.2, 0.25) is 10.0 Å². The Balaban J connectivity index is 1.57. The van der Waals surface area contributed by atoms with Crippen molar-refractivity contribution < 1.29 is 13.2 Å². The zero-order valence-corrected chi connectivity index (χ0v) is 19.9. The molecule has 172 valence electrons. The van der Waals surface area contributed by atoms with Crippen LogP contribution in [0.2, 0.25) is 0 Å². The smallest absolute Gasteiger partial charge is 0.255 e. The number of carbonyl (C=O) groups excluding carboxylic acids is 1. The summed E-state index contributed by atoms with van der Waals surface area (Å²) >= 11 is 0. The third kappa shape index (κ3) is 5.35. The van der Waals surface area contributed by atoms with Crippen LogP contribution in [0, 0.1) is 6.92 Å². The van der Waals surface area contributed by atoms with Crippen LogP contribution in [0.1, 0.15) is 21.5 Å². The number of sulfonamides is 1. The van der Waals surface area contributed by atoms with Gasteiger partial charge in [-0.05, 0) is 53.9 Å². The summed E-state index contributed by atoms with van der Waals surface area (Å²) in [6, 6.07) is 31.8. The van der Waals surface area contributed by atoms with Crippen LogP contribution in [0.5, 0.6) is 0 Å². The van der Waals surface area contributed by atoms with E-state index in [0.29, 0.717) is 16.9 Å². The second kappa shape index (κ2) is 9.93. The lowest BCUT2D eigenvalue weighted by molar-refractivity contribution is 0.102. The van der Waals surface area contributed by atoms with Crippen LogP contribution >= 0.6 is 0 Å². The maximum absolute atomic E-state index is 13.0. The molecule has 0 atom stereocenters. The lowest BCUT2D eigenvalue weighted by atomic mass is 10.0. The van der Waals surface area contributed by atoms with Crippen molar-refractivity contribution in [2.24, 2.45) is 0 Å². The molecule has 4 rings (SSSR count). The predicted molar refractivity (Wildman–Crippen MR) is 138 cm³/mol. The first-order valence-electron chi connectivity index (χ1n) is 10.9. The lowest BCUT2D eigenvalue weighted by Gasteiger charge is -2.23. The topological polar surface area (TPSA) is 66.5 Å². The molecule has 5 nitrogen and oxygen atoms in total. The molecule has 0 saturated heterocycles. The number of para-hydroxylation sites is 1. The molecule has 1 amide bonds. The fourth-order valence-corrected chi connectivity index (χ4v) is 4.66. The number of hydrogen-bond donors (Lipinski definition) is 1. The number of carbonyl (C=O) groups is 1. The summed E-state index contributed by atoms with van der Waals surface area (Å²) in [6.07, 6.45) is 1.19. The molecule has 0 spiro atoms. The quantitative estimate of drug-likeness (QED) is 0.367. The van der Waals surface area contributed by atoms with E-state index < -0.39 is 10.0 Å². The number of anilines is 2. The zero-order valence-electron chi connectivity index (χ0n) is 19.1. The minimum Gasteiger partial charge on any atom is -0.321 e. The van der Waals surface area contributed by atoms with Crippen LogP contribution in [0.4, 0.5) is 11.4 Å². The van der Waals surface area contributed by atoms with Crippen LogP contribution in [-0.2, 0) is 16.6 Å². The van der Waals surface area contributed by atoms with Crippen molar-refractivity contribution in [2.45, 2.75) is 13.5 Å². The third-order valence-corrected chi connectivity index (χ3v) is 6.79. The van der Waals surface area contributed by atoms with Gasteiger partial charge in [-0.1, -0.05) is 72.8 Å². The van der Waals surface area contributed by atoms with Gasteiger partial charge in [-0.2, -0.15) is 0 Å². The van der Waals surface area contributed by atoms with Crippen molar-refractivity contribution >= 4 is 27.3 Å². The molecule has 0 radical (unpaired) electrons. The van der Waals surface area contributed by atoms with E-state index in [1.807, 2.05) is 85.8 Å². The van der Waals surface area contributed by atoms with E-state index in [4.69, 9.17) is 0 Å². The average Bonchev–Trinajstić information content (AvgIpc) is 2.84. The minimum absolute atomic E-state index is 0.224. The number of aryl methyl sites for hydroxylation is 1. The van der Waals surface area contributed by atoms with Gasteiger partial charge in [0.1, 0.15) is 0 Å². The molecule has 6 heteroatoms. The first-order chi connectivity index (χ1) is 16.3. The Hall–Kier alpha value is -3.90. The summed E-state index contributed by atoms with van der Waals surface area (Å²) in [5.41, 5.74) is 5.53. The maximum atomic E-state index is 13.0. The van der Waals surface area contributed by atoms with Gasteiger partial charge in [-0.15, -0.1) is 0 Å². The first-order valence-corrected chi connectivity index (χ1v) is 12.8. The molecule has 4 aromatic rings. The Morgan fingerprint density at radius 1 is 0.794 bits per heavy atom. The summed E-state index contributed by atoms with van der Waals surface area (Å²) < 4.78 is 26.4. The van der Waals surface area contributed by atoms with Gasteiger partial charge in [0.25, 0.3) is 5.91 Å². The summed E-state index contributed by atoms with van der Waals surface area (Å²) in [4.78, 5) is 13.0. The molecule has 0 aliphatic heterocycles. The van der Waals surface area contributed by atoms with Crippen LogP contribution in [0.3, 0.4) is 0 Å². The molecule has 0 unspecified atom stereocenters. The van der Waals surface area contributed by atoms with Crippen LogP contribution in [0.15, 0.2) is 103 Å². The normalized spacial score (nSPS) is 11.1. The van der Waals surface area contributed by atoms with Gasteiger partial charge in [-0.25, -0.2) is 8.42 Å². The highest BCUT2D eigenvalue weighted by molar-refractivity contribution is 7.92. The van der Waals surface area contributed by atoms with Gasteiger partial charge >= 0.3 is 0 Å². The molecule has 0 saturated carbocycles. The van der Waals surface area contributed by atoms with Crippen LogP contribution < -0.4 is 9.62 Å². The lowest BCUT2D eigenvalue weighted by Crippen LogP contribution is -2.29. The molecule has 1 N–H and O–H groups in total. The van der Waals surface area contributed by atoms with Gasteiger partial charge in [0, 0.05) is 16.8 Å². The van der Waals surface area contributed by atoms with E-state index in [1.54, 1.807) is 24.3 Å². The van der Waals surface area contributed by atoms with Crippen LogP contribution in [-0.4, -0.2) is 20.6 Å². The molecular formula is C28H26N2O3S.